The Morgan fingerprint density at radius 2 is 1.96 bits per heavy atom. The van der Waals surface area contributed by atoms with Crippen molar-refractivity contribution in [3.8, 4) is 0 Å². The van der Waals surface area contributed by atoms with Gasteiger partial charge in [0, 0.05) is 13.2 Å². The van der Waals surface area contributed by atoms with Gasteiger partial charge in [0.2, 0.25) is 0 Å². The van der Waals surface area contributed by atoms with Crippen LogP contribution in [0.3, 0.4) is 0 Å². The maximum Gasteiger partial charge on any atom is 0.318 e. The van der Waals surface area contributed by atoms with E-state index in [4.69, 9.17) is 9.47 Å². The summed E-state index contributed by atoms with van der Waals surface area (Å²) >= 11 is 0. The second kappa shape index (κ2) is 7.34. The molecular formula is C20H28N2O3. The van der Waals surface area contributed by atoms with Crippen LogP contribution in [0.2, 0.25) is 0 Å². The largest absolute Gasteiger partial charge is 0.375 e. The number of nitrogens with one attached hydrogen (secondary N) is 1. The van der Waals surface area contributed by atoms with E-state index in [1.807, 2.05) is 4.90 Å². The van der Waals surface area contributed by atoms with Crippen molar-refractivity contribution >= 4 is 6.03 Å². The van der Waals surface area contributed by atoms with Gasteiger partial charge in [-0.2, -0.15) is 0 Å². The zero-order valence-electron chi connectivity index (χ0n) is 14.9. The average Bonchev–Trinajstić information content (AvgIpc) is 3.33. The van der Waals surface area contributed by atoms with Crippen LogP contribution in [0.5, 0.6) is 0 Å². The average molecular weight is 344 g/mol. The lowest BCUT2D eigenvalue weighted by Gasteiger charge is -2.36. The van der Waals surface area contributed by atoms with Gasteiger partial charge in [-0.25, -0.2) is 4.79 Å². The second-order valence-electron chi connectivity index (χ2n) is 7.53. The summed E-state index contributed by atoms with van der Waals surface area (Å²) in [7, 11) is 0. The topological polar surface area (TPSA) is 50.8 Å². The van der Waals surface area contributed by atoms with E-state index < -0.39 is 0 Å². The third-order valence-electron chi connectivity index (χ3n) is 5.66. The number of carbonyl (C=O) groups is 1. The third-order valence-corrected chi connectivity index (χ3v) is 5.66. The van der Waals surface area contributed by atoms with E-state index in [0.29, 0.717) is 25.6 Å². The van der Waals surface area contributed by atoms with Crippen LogP contribution in [0.4, 0.5) is 4.79 Å². The van der Waals surface area contributed by atoms with Crippen molar-refractivity contribution in [3.63, 3.8) is 0 Å². The van der Waals surface area contributed by atoms with Crippen LogP contribution >= 0.6 is 0 Å². The summed E-state index contributed by atoms with van der Waals surface area (Å²) < 4.78 is 11.6. The molecule has 25 heavy (non-hydrogen) atoms. The highest BCUT2D eigenvalue weighted by Crippen LogP contribution is 2.42. The molecule has 1 aliphatic carbocycles. The highest BCUT2D eigenvalue weighted by atomic mass is 16.5. The molecule has 1 N–H and O–H groups in total. The normalized spacial score (nSPS) is 28.0. The molecule has 0 spiro atoms. The molecule has 4 rings (SSSR count). The lowest BCUT2D eigenvalue weighted by Crippen LogP contribution is -2.53. The van der Waals surface area contributed by atoms with Gasteiger partial charge in [-0.15, -0.1) is 0 Å². The minimum atomic E-state index is 0.0137. The van der Waals surface area contributed by atoms with Crippen LogP contribution in [0.15, 0.2) is 24.3 Å². The number of hydrogen-bond acceptors (Lipinski definition) is 3. The number of hydrogen-bond donors (Lipinski definition) is 1. The van der Waals surface area contributed by atoms with Crippen LogP contribution < -0.4 is 5.32 Å². The molecule has 1 saturated carbocycles. The number of rotatable bonds is 4. The summed E-state index contributed by atoms with van der Waals surface area (Å²) in [5, 5.41) is 3.31. The molecule has 0 aromatic heterocycles. The summed E-state index contributed by atoms with van der Waals surface area (Å²) in [4.78, 5) is 14.8. The van der Waals surface area contributed by atoms with Crippen LogP contribution in [0.25, 0.3) is 0 Å². The monoisotopic (exact) mass is 344 g/mol. The molecule has 1 aromatic carbocycles. The molecule has 1 aromatic rings. The van der Waals surface area contributed by atoms with Crippen molar-refractivity contribution in [2.24, 2.45) is 5.92 Å². The van der Waals surface area contributed by atoms with Gasteiger partial charge in [0.15, 0.2) is 0 Å². The maximum atomic E-state index is 12.9. The first-order valence-corrected chi connectivity index (χ1v) is 9.56. The highest BCUT2D eigenvalue weighted by Gasteiger charge is 2.37. The number of aryl methyl sites for hydroxylation is 1. The van der Waals surface area contributed by atoms with Crippen LogP contribution in [0, 0.1) is 12.8 Å². The van der Waals surface area contributed by atoms with Gasteiger partial charge in [0.05, 0.1) is 25.3 Å². The summed E-state index contributed by atoms with van der Waals surface area (Å²) in [6, 6.07) is 8.54. The fraction of sp³-hybridized carbons (Fsp3) is 0.650. The molecule has 3 fully saturated rings. The molecule has 0 unspecified atom stereocenters. The molecule has 0 bridgehead atoms. The Balaban J connectivity index is 1.42. The zero-order chi connectivity index (χ0) is 17.2. The predicted octanol–water partition coefficient (Wildman–Crippen LogP) is 3.04. The Bertz CT molecular complexity index is 611. The van der Waals surface area contributed by atoms with Crippen molar-refractivity contribution in [3.05, 3.63) is 35.4 Å². The number of benzene rings is 1. The van der Waals surface area contributed by atoms with E-state index >= 15 is 0 Å². The first-order chi connectivity index (χ1) is 12.2. The fourth-order valence-corrected chi connectivity index (χ4v) is 4.02. The summed E-state index contributed by atoms with van der Waals surface area (Å²) in [5.41, 5.74) is 2.50. The Labute approximate surface area is 149 Å². The first kappa shape index (κ1) is 16.9. The minimum absolute atomic E-state index is 0.0137. The molecular weight excluding hydrogens is 316 g/mol. The molecule has 136 valence electrons. The Kier molecular flexibility index (Phi) is 4.95. The quantitative estimate of drug-likeness (QED) is 0.913. The van der Waals surface area contributed by atoms with Crippen LogP contribution in [-0.2, 0) is 9.47 Å². The van der Waals surface area contributed by atoms with Gasteiger partial charge in [0.25, 0.3) is 0 Å². The minimum Gasteiger partial charge on any atom is -0.375 e. The van der Waals surface area contributed by atoms with Gasteiger partial charge in [0.1, 0.15) is 6.10 Å². The maximum absolute atomic E-state index is 12.9. The molecule has 3 aliphatic rings. The van der Waals surface area contributed by atoms with Crippen molar-refractivity contribution < 1.29 is 14.3 Å². The Morgan fingerprint density at radius 1 is 1.16 bits per heavy atom. The standard InChI is InChI=1S/C20H28N2O3/c1-14-5-2-3-6-16(14)19(15-8-9-15)21-20(23)22-10-12-25-18(13-22)17-7-4-11-24-17/h2-3,5-6,15,17-19H,4,7-13H2,1H3,(H,21,23)/t17-,18+,19-/m1/s1. The van der Waals surface area contributed by atoms with Gasteiger partial charge < -0.3 is 19.7 Å². The molecule has 0 radical (unpaired) electrons. The molecule has 2 amide bonds. The molecule has 2 saturated heterocycles. The van der Waals surface area contributed by atoms with E-state index in [9.17, 15) is 4.79 Å². The SMILES string of the molecule is Cc1ccccc1[C@H](NC(=O)N1CCO[C@H]([C@H]2CCCO2)C1)C1CC1. The highest BCUT2D eigenvalue weighted by molar-refractivity contribution is 5.75. The molecule has 2 heterocycles. The third kappa shape index (κ3) is 3.82. The van der Waals surface area contributed by atoms with Crippen molar-refractivity contribution in [2.45, 2.75) is 50.9 Å². The van der Waals surface area contributed by atoms with Crippen LogP contribution in [0.1, 0.15) is 42.9 Å². The number of carbonyl (C=O) groups excluding carboxylic acids is 1. The lowest BCUT2D eigenvalue weighted by atomic mass is 9.98. The van der Waals surface area contributed by atoms with E-state index in [1.54, 1.807) is 0 Å². The number of ether oxygens (including phenoxy) is 2. The summed E-state index contributed by atoms with van der Waals surface area (Å²) in [6.07, 6.45) is 4.68. The van der Waals surface area contributed by atoms with E-state index in [1.165, 1.54) is 24.0 Å². The Hall–Kier alpha value is -1.59. The summed E-state index contributed by atoms with van der Waals surface area (Å²) in [5.74, 6) is 0.569. The van der Waals surface area contributed by atoms with Crippen LogP contribution in [-0.4, -0.2) is 49.4 Å². The number of nitrogens with zero attached hydrogens (tertiary/aromatic N) is 1. The van der Waals surface area contributed by atoms with E-state index in [2.05, 4.69) is 36.5 Å². The van der Waals surface area contributed by atoms with Gasteiger partial charge in [-0.1, -0.05) is 24.3 Å². The van der Waals surface area contributed by atoms with Gasteiger partial charge in [-0.05, 0) is 49.7 Å². The predicted molar refractivity (Wildman–Crippen MR) is 95.5 cm³/mol. The van der Waals surface area contributed by atoms with E-state index in [-0.39, 0.29) is 24.3 Å². The molecule has 5 heteroatoms. The van der Waals surface area contributed by atoms with Gasteiger partial charge in [-0.3, -0.25) is 0 Å². The number of urea groups is 1. The molecule has 3 atom stereocenters. The van der Waals surface area contributed by atoms with Crippen molar-refractivity contribution in [1.82, 2.24) is 10.2 Å². The van der Waals surface area contributed by atoms with Crippen molar-refractivity contribution in [1.29, 1.82) is 0 Å². The smallest absolute Gasteiger partial charge is 0.318 e. The summed E-state index contributed by atoms with van der Waals surface area (Å²) in [6.45, 7) is 4.81. The number of morpholine rings is 1. The molecule has 5 nitrogen and oxygen atoms in total. The number of amides is 2. The second-order valence-corrected chi connectivity index (χ2v) is 7.53. The Morgan fingerprint density at radius 3 is 2.68 bits per heavy atom. The lowest BCUT2D eigenvalue weighted by molar-refractivity contribution is -0.0850. The van der Waals surface area contributed by atoms with Gasteiger partial charge >= 0.3 is 6.03 Å². The van der Waals surface area contributed by atoms with Crippen molar-refractivity contribution in [2.75, 3.05) is 26.3 Å². The fourth-order valence-electron chi connectivity index (χ4n) is 4.02. The van der Waals surface area contributed by atoms with E-state index in [0.717, 1.165) is 19.4 Å². The first-order valence-electron chi connectivity index (χ1n) is 9.56. The molecule has 2 aliphatic heterocycles. The zero-order valence-corrected chi connectivity index (χ0v) is 14.9.